The van der Waals surface area contributed by atoms with E-state index in [0.29, 0.717) is 12.6 Å². The number of nitrogens with one attached hydrogen (secondary N) is 2. The summed E-state index contributed by atoms with van der Waals surface area (Å²) < 4.78 is 45.1. The Bertz CT molecular complexity index is 946. The number of halogens is 3. The highest BCUT2D eigenvalue weighted by Gasteiger charge is 2.44. The molecule has 1 aliphatic rings. The van der Waals surface area contributed by atoms with Crippen LogP contribution in [-0.2, 0) is 26.4 Å². The van der Waals surface area contributed by atoms with Crippen molar-refractivity contribution < 1.29 is 22.7 Å². The number of nitrogens with zero attached hydrogens (tertiary/aromatic N) is 4. The first-order valence-corrected chi connectivity index (χ1v) is 8.40. The van der Waals surface area contributed by atoms with Crippen LogP contribution >= 0.6 is 0 Å². The van der Waals surface area contributed by atoms with E-state index in [4.69, 9.17) is 28.3 Å². The first-order valence-electron chi connectivity index (χ1n) is 8.40. The number of esters is 1. The Hall–Kier alpha value is -2.66. The molecule has 2 aromatic heterocycles. The van der Waals surface area contributed by atoms with Gasteiger partial charge in [0.25, 0.3) is 0 Å². The lowest BCUT2D eigenvalue weighted by atomic mass is 9.49. The number of cyclic esters (lactones) is 1. The highest BCUT2D eigenvalue weighted by Crippen LogP contribution is 2.36. The zero-order valence-corrected chi connectivity index (χ0v) is 15.5. The highest BCUT2D eigenvalue weighted by molar-refractivity contribution is 6.56. The van der Waals surface area contributed by atoms with Crippen LogP contribution in [0.3, 0.4) is 0 Å². The molecule has 0 unspecified atom stereocenters. The number of aromatic nitrogens is 4. The molecule has 6 radical (unpaired) electrons. The van der Waals surface area contributed by atoms with Gasteiger partial charge in [-0.05, 0) is 12.2 Å². The van der Waals surface area contributed by atoms with Crippen LogP contribution in [0.2, 0.25) is 0 Å². The monoisotopic (exact) mass is 400 g/mol. The molecule has 0 aliphatic carbocycles. The summed E-state index contributed by atoms with van der Waals surface area (Å²) in [5.41, 5.74) is -1.81. The second kappa shape index (κ2) is 6.99. The molecule has 0 amide bonds. The van der Waals surface area contributed by atoms with Crippen LogP contribution in [0.15, 0.2) is 12.3 Å². The van der Waals surface area contributed by atoms with Crippen LogP contribution in [0.5, 0.6) is 0 Å². The zero-order valence-electron chi connectivity index (χ0n) is 15.5. The Kier molecular flexibility index (Phi) is 5.08. The highest BCUT2D eigenvalue weighted by atomic mass is 19.4. The number of carbonyl (C=O) groups excluding carboxylic acids is 1. The summed E-state index contributed by atoms with van der Waals surface area (Å²) in [6.45, 7) is 1.86. The zero-order chi connectivity index (χ0) is 21.6. The largest absolute Gasteiger partial charge is 0.465 e. The third-order valence-corrected chi connectivity index (χ3v) is 4.50. The molecule has 3 heterocycles. The second-order valence-electron chi connectivity index (χ2n) is 6.76. The predicted octanol–water partition coefficient (Wildman–Crippen LogP) is 0.755. The van der Waals surface area contributed by atoms with Gasteiger partial charge in [-0.15, -0.1) is 0 Å². The number of alkyl halides is 3. The maximum absolute atomic E-state index is 13.0. The van der Waals surface area contributed by atoms with Gasteiger partial charge in [0, 0.05) is 25.7 Å². The molecule has 0 spiro atoms. The third kappa shape index (κ3) is 3.92. The van der Waals surface area contributed by atoms with Crippen LogP contribution < -0.4 is 10.6 Å². The van der Waals surface area contributed by atoms with E-state index in [1.54, 1.807) is 6.92 Å². The van der Waals surface area contributed by atoms with Gasteiger partial charge in [-0.1, -0.05) is 0 Å². The van der Waals surface area contributed by atoms with Crippen molar-refractivity contribution in [3.05, 3.63) is 23.5 Å². The molecule has 1 atom stereocenters. The fourth-order valence-electron chi connectivity index (χ4n) is 2.83. The molecule has 2 N–H and O–H groups in total. The van der Waals surface area contributed by atoms with Crippen LogP contribution in [-0.4, -0.2) is 62.9 Å². The second-order valence-corrected chi connectivity index (χ2v) is 6.76. The van der Waals surface area contributed by atoms with E-state index in [1.807, 2.05) is 0 Å². The third-order valence-electron chi connectivity index (χ3n) is 4.50. The van der Waals surface area contributed by atoms with E-state index in [1.165, 1.54) is 13.1 Å². The summed E-state index contributed by atoms with van der Waals surface area (Å²) in [4.78, 5) is 19.6. The molecule has 146 valence electrons. The quantitative estimate of drug-likeness (QED) is 0.566. The number of carbonyl (C=O) groups is 1. The van der Waals surface area contributed by atoms with Crippen molar-refractivity contribution in [2.45, 2.75) is 30.2 Å². The van der Waals surface area contributed by atoms with Gasteiger partial charge in [-0.25, -0.2) is 4.98 Å². The molecule has 2 aromatic rings. The number of ether oxygens (including phenoxy) is 1. The normalized spacial score (nSPS) is 19.8. The molecule has 1 aliphatic heterocycles. The van der Waals surface area contributed by atoms with Crippen LogP contribution in [0.4, 0.5) is 30.8 Å². The van der Waals surface area contributed by atoms with Gasteiger partial charge < -0.3 is 15.4 Å². The van der Waals surface area contributed by atoms with Crippen LogP contribution in [0, 0.1) is 0 Å². The first-order chi connectivity index (χ1) is 13.4. The van der Waals surface area contributed by atoms with Crippen molar-refractivity contribution in [1.29, 1.82) is 0 Å². The summed E-state index contributed by atoms with van der Waals surface area (Å²) in [5, 5.41) is 7.29. The Labute approximate surface area is 168 Å². The van der Waals surface area contributed by atoms with E-state index in [-0.39, 0.29) is 24.1 Å². The SMILES string of the molecule is [B]C([B])([B])n1nc([C@@]2(C)CCOC2=O)cc1Nc1ncc(C(F)(F)F)c(NC)n1. The van der Waals surface area contributed by atoms with Gasteiger partial charge in [0.05, 0.1) is 35.8 Å². The molecule has 3 rings (SSSR count). The molecule has 8 nitrogen and oxygen atoms in total. The van der Waals surface area contributed by atoms with Gasteiger partial charge in [0.1, 0.15) is 22.6 Å². The first kappa shape index (κ1) is 21.1. The summed E-state index contributed by atoms with van der Waals surface area (Å²) in [5.74, 6) is -1.03. The van der Waals surface area contributed by atoms with E-state index in [9.17, 15) is 18.0 Å². The van der Waals surface area contributed by atoms with E-state index in [0.717, 1.165) is 4.68 Å². The summed E-state index contributed by atoms with van der Waals surface area (Å²) in [7, 11) is 18.5. The summed E-state index contributed by atoms with van der Waals surface area (Å²) in [6.07, 6.45) is -3.64. The lowest BCUT2D eigenvalue weighted by Gasteiger charge is -2.24. The van der Waals surface area contributed by atoms with Crippen LogP contribution in [0.1, 0.15) is 24.6 Å². The van der Waals surface area contributed by atoms with Gasteiger partial charge >= 0.3 is 12.1 Å². The molecule has 1 saturated heterocycles. The summed E-state index contributed by atoms with van der Waals surface area (Å²) in [6, 6.07) is 1.44. The number of rotatable bonds is 5. The van der Waals surface area contributed by atoms with Crippen molar-refractivity contribution in [3.63, 3.8) is 0 Å². The topological polar surface area (TPSA) is 94.0 Å². The minimum Gasteiger partial charge on any atom is -0.465 e. The fourth-order valence-corrected chi connectivity index (χ4v) is 2.83. The molecule has 0 bridgehead atoms. The maximum atomic E-state index is 13.0. The number of anilines is 3. The minimum atomic E-state index is -4.63. The van der Waals surface area contributed by atoms with Crippen molar-refractivity contribution in [3.8, 4) is 0 Å². The predicted molar refractivity (Wildman–Crippen MR) is 100 cm³/mol. The van der Waals surface area contributed by atoms with Gasteiger partial charge in [-0.2, -0.15) is 23.3 Å². The molecular formula is C15H14B3F3N6O2. The van der Waals surface area contributed by atoms with E-state index in [2.05, 4.69) is 25.7 Å². The maximum Gasteiger partial charge on any atom is 0.421 e. The van der Waals surface area contributed by atoms with E-state index < -0.39 is 34.2 Å². The Morgan fingerprint density at radius 1 is 1.31 bits per heavy atom. The van der Waals surface area contributed by atoms with Crippen molar-refractivity contribution >= 4 is 47.1 Å². The minimum absolute atomic E-state index is 0.0789. The molecular weight excluding hydrogens is 386 g/mol. The number of hydrogen-bond acceptors (Lipinski definition) is 7. The van der Waals surface area contributed by atoms with Crippen molar-refractivity contribution in [2.75, 3.05) is 24.3 Å². The lowest BCUT2D eigenvalue weighted by Crippen LogP contribution is -2.37. The Morgan fingerprint density at radius 2 is 2.00 bits per heavy atom. The molecule has 29 heavy (non-hydrogen) atoms. The molecule has 14 heteroatoms. The van der Waals surface area contributed by atoms with Gasteiger partial charge in [-0.3, -0.25) is 9.48 Å². The lowest BCUT2D eigenvalue weighted by molar-refractivity contribution is -0.142. The Balaban J connectivity index is 2.02. The van der Waals surface area contributed by atoms with Crippen molar-refractivity contribution in [1.82, 2.24) is 19.7 Å². The fraction of sp³-hybridized carbons (Fsp3) is 0.467. The summed E-state index contributed by atoms with van der Waals surface area (Å²) >= 11 is 0. The molecule has 0 saturated carbocycles. The molecule has 0 aromatic carbocycles. The van der Waals surface area contributed by atoms with E-state index >= 15 is 0 Å². The van der Waals surface area contributed by atoms with Crippen molar-refractivity contribution in [2.24, 2.45) is 0 Å². The standard InChI is InChI=1S/C15H14B3F3N6O2/c1-13(3-4-29-11(13)28)8-5-9(27(26-8)15(16,17)18)24-12-23-6-7(14(19,20)21)10(22-2)25-12/h5-6H,3-4H2,1-2H3,(H2,22,23,24,25)/t13-/m1/s1. The average Bonchev–Trinajstić information content (AvgIpc) is 3.18. The smallest absolute Gasteiger partial charge is 0.421 e. The number of hydrogen-bond donors (Lipinski definition) is 2. The van der Waals surface area contributed by atoms with Crippen LogP contribution in [0.25, 0.3) is 0 Å². The van der Waals surface area contributed by atoms with Gasteiger partial charge in [0.15, 0.2) is 0 Å². The average molecular weight is 400 g/mol. The molecule has 1 fully saturated rings. The Morgan fingerprint density at radius 3 is 2.52 bits per heavy atom. The van der Waals surface area contributed by atoms with Gasteiger partial charge in [0.2, 0.25) is 5.95 Å².